The number of hydrogen-bond donors (Lipinski definition) is 1. The van der Waals surface area contributed by atoms with E-state index in [4.69, 9.17) is 4.74 Å². The number of aliphatic hydroxyl groups is 1. The highest BCUT2D eigenvalue weighted by molar-refractivity contribution is 6.01. The van der Waals surface area contributed by atoms with Crippen molar-refractivity contribution in [3.63, 3.8) is 0 Å². The average Bonchev–Trinajstić information content (AvgIpc) is 3.17. The standard InChI is InChI=1S/C30H35NO8/c1-28-12-10-21(32)14-20(28)8-9-23-26(28)24(33)15-30(3)22(11-13-29(23,30)2)25(34)17-38-27(35)19-6-4-18(5-7-19)16-39-31(36)37/h4-7,10,12,14,22-24,26,33H,8-9,11,13,15-17H2,1-3H3. The zero-order valence-electron chi connectivity index (χ0n) is 22.6. The number of benzene rings is 1. The lowest BCUT2D eigenvalue weighted by Crippen LogP contribution is -2.60. The summed E-state index contributed by atoms with van der Waals surface area (Å²) in [5, 5.41) is 21.0. The van der Waals surface area contributed by atoms with Gasteiger partial charge in [0.15, 0.2) is 18.2 Å². The quantitative estimate of drug-likeness (QED) is 0.307. The number of esters is 1. The molecular weight excluding hydrogens is 502 g/mol. The summed E-state index contributed by atoms with van der Waals surface area (Å²) in [5.41, 5.74) is 0.876. The predicted octanol–water partition coefficient (Wildman–Crippen LogP) is 4.41. The van der Waals surface area contributed by atoms with Gasteiger partial charge in [-0.05, 0) is 78.7 Å². The van der Waals surface area contributed by atoms with Gasteiger partial charge in [0.1, 0.15) is 6.61 Å². The van der Waals surface area contributed by atoms with Crippen molar-refractivity contribution in [1.82, 2.24) is 0 Å². The van der Waals surface area contributed by atoms with Gasteiger partial charge in [-0.3, -0.25) is 9.59 Å². The molecule has 0 bridgehead atoms. The van der Waals surface area contributed by atoms with Gasteiger partial charge in [-0.2, -0.15) is 0 Å². The highest BCUT2D eigenvalue weighted by atomic mass is 16.9. The van der Waals surface area contributed by atoms with Gasteiger partial charge in [-0.25, -0.2) is 4.79 Å². The molecule has 0 aliphatic heterocycles. The minimum Gasteiger partial charge on any atom is -0.454 e. The van der Waals surface area contributed by atoms with Crippen LogP contribution in [-0.4, -0.2) is 40.4 Å². The van der Waals surface area contributed by atoms with Crippen LogP contribution in [0, 0.1) is 44.1 Å². The van der Waals surface area contributed by atoms with Gasteiger partial charge in [-0.1, -0.05) is 44.6 Å². The van der Waals surface area contributed by atoms with E-state index in [1.165, 1.54) is 24.3 Å². The number of allylic oxidation sites excluding steroid dienone is 4. The Hall–Kier alpha value is -3.33. The molecule has 5 rings (SSSR count). The van der Waals surface area contributed by atoms with Gasteiger partial charge < -0.3 is 14.7 Å². The van der Waals surface area contributed by atoms with Crippen molar-refractivity contribution in [2.45, 2.75) is 65.6 Å². The summed E-state index contributed by atoms with van der Waals surface area (Å²) < 4.78 is 5.39. The van der Waals surface area contributed by atoms with E-state index in [2.05, 4.69) is 25.6 Å². The molecule has 0 radical (unpaired) electrons. The first kappa shape index (κ1) is 27.2. The number of aliphatic hydroxyl groups excluding tert-OH is 1. The van der Waals surface area contributed by atoms with Crippen molar-refractivity contribution in [2.24, 2.45) is 34.0 Å². The Kier molecular flexibility index (Phi) is 6.77. The number of hydrogen-bond acceptors (Lipinski definition) is 8. The third-order valence-corrected chi connectivity index (χ3v) is 10.6. The average molecular weight is 538 g/mol. The normalized spacial score (nSPS) is 36.7. The molecule has 9 nitrogen and oxygen atoms in total. The second-order valence-corrected chi connectivity index (χ2v) is 12.3. The van der Waals surface area contributed by atoms with Crippen LogP contribution in [0.15, 0.2) is 48.1 Å². The molecule has 9 heteroatoms. The summed E-state index contributed by atoms with van der Waals surface area (Å²) >= 11 is 0. The summed E-state index contributed by atoms with van der Waals surface area (Å²) in [5.74, 6) is -0.932. The lowest BCUT2D eigenvalue weighted by molar-refractivity contribution is -0.763. The Morgan fingerprint density at radius 1 is 1.13 bits per heavy atom. The van der Waals surface area contributed by atoms with Crippen LogP contribution < -0.4 is 0 Å². The van der Waals surface area contributed by atoms with E-state index in [1.807, 2.05) is 6.08 Å². The van der Waals surface area contributed by atoms with Crippen LogP contribution in [0.5, 0.6) is 0 Å². The number of ketones is 2. The van der Waals surface area contributed by atoms with E-state index in [0.717, 1.165) is 24.8 Å². The number of carbonyl (C=O) groups is 3. The Bertz CT molecular complexity index is 1270. The maximum absolute atomic E-state index is 13.5. The topological polar surface area (TPSA) is 133 Å². The van der Waals surface area contributed by atoms with Crippen LogP contribution in [0.4, 0.5) is 0 Å². The number of fused-ring (bicyclic) bond motifs is 5. The Labute approximate surface area is 227 Å². The highest BCUT2D eigenvalue weighted by Gasteiger charge is 2.67. The van der Waals surface area contributed by atoms with Gasteiger partial charge in [0.05, 0.1) is 11.7 Å². The molecule has 0 heterocycles. The second-order valence-electron chi connectivity index (χ2n) is 12.3. The first-order chi connectivity index (χ1) is 18.4. The maximum Gasteiger partial charge on any atom is 0.338 e. The van der Waals surface area contributed by atoms with E-state index in [9.17, 15) is 29.6 Å². The molecule has 4 aliphatic rings. The minimum atomic E-state index is -0.883. The van der Waals surface area contributed by atoms with Crippen LogP contribution in [0.1, 0.15) is 68.8 Å². The summed E-state index contributed by atoms with van der Waals surface area (Å²) in [6, 6.07) is 6.04. The molecule has 1 N–H and O–H groups in total. The van der Waals surface area contributed by atoms with Crippen molar-refractivity contribution in [2.75, 3.05) is 6.61 Å². The van der Waals surface area contributed by atoms with Crippen molar-refractivity contribution in [1.29, 1.82) is 0 Å². The number of carbonyl (C=O) groups excluding carboxylic acids is 3. The number of rotatable bonds is 7. The van der Waals surface area contributed by atoms with E-state index < -0.39 is 22.6 Å². The SMILES string of the molecule is CC12C=CC(=O)C=C1CCC1C2C(O)CC2(C)C(C(=O)COC(=O)c3ccc(CO[N+](=O)[O-])cc3)CCC12C. The molecule has 1 aromatic carbocycles. The highest BCUT2D eigenvalue weighted by Crippen LogP contribution is 2.71. The molecule has 3 fully saturated rings. The fourth-order valence-electron chi connectivity index (χ4n) is 8.39. The third kappa shape index (κ3) is 4.40. The number of nitrogens with zero attached hydrogens (tertiary/aromatic N) is 1. The third-order valence-electron chi connectivity index (χ3n) is 10.6. The molecule has 0 spiro atoms. The zero-order chi connectivity index (χ0) is 28.2. The van der Waals surface area contributed by atoms with Crippen molar-refractivity contribution in [3.05, 3.63) is 69.3 Å². The van der Waals surface area contributed by atoms with Crippen LogP contribution in [0.2, 0.25) is 0 Å². The lowest BCUT2D eigenvalue weighted by atomic mass is 9.42. The fraction of sp³-hybridized carbons (Fsp3) is 0.567. The summed E-state index contributed by atoms with van der Waals surface area (Å²) in [4.78, 5) is 52.8. The van der Waals surface area contributed by atoms with Gasteiger partial charge in [0.2, 0.25) is 0 Å². The molecule has 0 saturated heterocycles. The summed E-state index contributed by atoms with van der Waals surface area (Å²) in [7, 11) is 0. The monoisotopic (exact) mass is 537 g/mol. The van der Waals surface area contributed by atoms with Crippen LogP contribution in [0.25, 0.3) is 0 Å². The molecule has 0 amide bonds. The first-order valence-corrected chi connectivity index (χ1v) is 13.6. The van der Waals surface area contributed by atoms with E-state index in [1.54, 1.807) is 12.2 Å². The maximum atomic E-state index is 13.5. The van der Waals surface area contributed by atoms with Crippen LogP contribution in [-0.2, 0) is 25.8 Å². The van der Waals surface area contributed by atoms with Gasteiger partial charge in [0, 0.05) is 17.3 Å². The first-order valence-electron chi connectivity index (χ1n) is 13.6. The second kappa shape index (κ2) is 9.70. The molecule has 208 valence electrons. The zero-order valence-corrected chi connectivity index (χ0v) is 22.6. The Balaban J connectivity index is 1.28. The predicted molar refractivity (Wildman–Crippen MR) is 140 cm³/mol. The molecule has 7 atom stereocenters. The molecule has 3 saturated carbocycles. The summed E-state index contributed by atoms with van der Waals surface area (Å²) in [6.45, 7) is 5.94. The van der Waals surface area contributed by atoms with Crippen LogP contribution >= 0.6 is 0 Å². The largest absolute Gasteiger partial charge is 0.454 e. The minimum absolute atomic E-state index is 0.00291. The number of Topliss-reactive ketones (excluding diaryl/α,β-unsaturated/α-hetero) is 1. The Morgan fingerprint density at radius 2 is 1.85 bits per heavy atom. The Morgan fingerprint density at radius 3 is 2.54 bits per heavy atom. The molecule has 1 aromatic rings. The van der Waals surface area contributed by atoms with Crippen molar-refractivity contribution < 1.29 is 34.2 Å². The molecule has 0 aromatic heterocycles. The fourth-order valence-corrected chi connectivity index (χ4v) is 8.39. The van der Waals surface area contributed by atoms with E-state index in [0.29, 0.717) is 18.4 Å². The molecule has 7 unspecified atom stereocenters. The van der Waals surface area contributed by atoms with Gasteiger partial charge in [0.25, 0.3) is 5.09 Å². The van der Waals surface area contributed by atoms with Gasteiger partial charge in [-0.15, -0.1) is 10.1 Å². The van der Waals surface area contributed by atoms with Crippen LogP contribution in [0.3, 0.4) is 0 Å². The summed E-state index contributed by atoms with van der Waals surface area (Å²) in [6.07, 6.45) is 8.41. The van der Waals surface area contributed by atoms with Gasteiger partial charge >= 0.3 is 5.97 Å². The van der Waals surface area contributed by atoms with Crippen molar-refractivity contribution >= 4 is 17.5 Å². The molecule has 39 heavy (non-hydrogen) atoms. The smallest absolute Gasteiger partial charge is 0.338 e. The number of ether oxygens (including phenoxy) is 1. The molecule has 4 aliphatic carbocycles. The van der Waals surface area contributed by atoms with E-state index >= 15 is 0 Å². The van der Waals surface area contributed by atoms with Crippen molar-refractivity contribution in [3.8, 4) is 0 Å². The lowest BCUT2D eigenvalue weighted by Gasteiger charge is -2.63. The van der Waals surface area contributed by atoms with E-state index in [-0.39, 0.29) is 58.9 Å². The molecular formula is C30H35NO8.